The highest BCUT2D eigenvalue weighted by Crippen LogP contribution is 2.28. The van der Waals surface area contributed by atoms with Crippen molar-refractivity contribution in [1.29, 1.82) is 0 Å². The van der Waals surface area contributed by atoms with Gasteiger partial charge in [-0.25, -0.2) is 0 Å². The maximum absolute atomic E-state index is 13.1. The van der Waals surface area contributed by atoms with Gasteiger partial charge in [-0.2, -0.15) is 0 Å². The van der Waals surface area contributed by atoms with E-state index in [0.717, 1.165) is 15.6 Å². The predicted octanol–water partition coefficient (Wildman–Crippen LogP) is 5.60. The highest BCUT2D eigenvalue weighted by atomic mass is 79.9. The van der Waals surface area contributed by atoms with Gasteiger partial charge in [0.05, 0.1) is 0 Å². The summed E-state index contributed by atoms with van der Waals surface area (Å²) in [6.45, 7) is 0. The maximum atomic E-state index is 13.1. The summed E-state index contributed by atoms with van der Waals surface area (Å²) in [4.78, 5) is 25.9. The standard InChI is InChI=1S/C24H18BrClN4O2S/c25-18-11-9-16(10-12-18)21(31)27-20(13-15-5-2-1-3-6-15)22(32)28-24-30-29-23(33-24)17-7-4-8-19(26)14-17/h1-12,14,20H,13H2,(H,27,31)(H,28,30,32). The molecule has 2 amide bonds. The summed E-state index contributed by atoms with van der Waals surface area (Å²) in [5.41, 5.74) is 2.19. The Morgan fingerprint density at radius 1 is 0.970 bits per heavy atom. The second-order valence-corrected chi connectivity index (χ2v) is 9.46. The van der Waals surface area contributed by atoms with Crippen LogP contribution in [0.2, 0.25) is 5.02 Å². The van der Waals surface area contributed by atoms with Crippen LogP contribution in [0.4, 0.5) is 5.13 Å². The zero-order valence-corrected chi connectivity index (χ0v) is 20.3. The smallest absolute Gasteiger partial charge is 0.251 e. The predicted molar refractivity (Wildman–Crippen MR) is 135 cm³/mol. The SMILES string of the molecule is O=C(NC(Cc1ccccc1)C(=O)Nc1nnc(-c2cccc(Cl)c2)s1)c1ccc(Br)cc1. The number of carbonyl (C=O) groups excluding carboxylic acids is 2. The number of rotatable bonds is 7. The average Bonchev–Trinajstić information content (AvgIpc) is 3.28. The van der Waals surface area contributed by atoms with Crippen LogP contribution < -0.4 is 10.6 Å². The number of nitrogens with zero attached hydrogens (tertiary/aromatic N) is 2. The van der Waals surface area contributed by atoms with Gasteiger partial charge < -0.3 is 5.32 Å². The lowest BCUT2D eigenvalue weighted by Crippen LogP contribution is -2.45. The van der Waals surface area contributed by atoms with Crippen molar-refractivity contribution in [2.75, 3.05) is 5.32 Å². The fraction of sp³-hybridized carbons (Fsp3) is 0.0833. The highest BCUT2D eigenvalue weighted by molar-refractivity contribution is 9.10. The second-order valence-electron chi connectivity index (χ2n) is 7.13. The van der Waals surface area contributed by atoms with Gasteiger partial charge in [0.15, 0.2) is 0 Å². The minimum Gasteiger partial charge on any atom is -0.340 e. The molecule has 0 fully saturated rings. The average molecular weight is 542 g/mol. The summed E-state index contributed by atoms with van der Waals surface area (Å²) >= 11 is 10.6. The van der Waals surface area contributed by atoms with Crippen molar-refractivity contribution >= 4 is 55.8 Å². The molecule has 3 aromatic carbocycles. The topological polar surface area (TPSA) is 84.0 Å². The Kier molecular flexibility index (Phi) is 7.49. The van der Waals surface area contributed by atoms with Crippen LogP contribution in [0.25, 0.3) is 10.6 Å². The van der Waals surface area contributed by atoms with E-state index in [1.165, 1.54) is 11.3 Å². The first-order valence-electron chi connectivity index (χ1n) is 9.98. The number of hydrogen-bond donors (Lipinski definition) is 2. The van der Waals surface area contributed by atoms with Crippen molar-refractivity contribution in [2.45, 2.75) is 12.5 Å². The van der Waals surface area contributed by atoms with E-state index in [1.807, 2.05) is 42.5 Å². The summed E-state index contributed by atoms with van der Waals surface area (Å²) in [6, 6.07) is 22.9. The minimum absolute atomic E-state index is 0.328. The number of amides is 2. The van der Waals surface area contributed by atoms with Gasteiger partial charge in [0.1, 0.15) is 11.0 Å². The Hall–Kier alpha value is -3.07. The Labute approximate surface area is 208 Å². The third-order valence-electron chi connectivity index (χ3n) is 4.74. The molecule has 1 heterocycles. The first-order chi connectivity index (χ1) is 16.0. The molecule has 0 aliphatic heterocycles. The number of benzene rings is 3. The summed E-state index contributed by atoms with van der Waals surface area (Å²) in [6.07, 6.45) is 0.328. The van der Waals surface area contributed by atoms with Crippen molar-refractivity contribution in [2.24, 2.45) is 0 Å². The summed E-state index contributed by atoms with van der Waals surface area (Å²) in [7, 11) is 0. The molecule has 0 radical (unpaired) electrons. The van der Waals surface area contributed by atoms with Crippen LogP contribution in [-0.4, -0.2) is 28.1 Å². The summed E-state index contributed by atoms with van der Waals surface area (Å²) in [5.74, 6) is -0.714. The Balaban J connectivity index is 1.51. The molecule has 4 aromatic rings. The van der Waals surface area contributed by atoms with Crippen LogP contribution in [0.5, 0.6) is 0 Å². The van der Waals surface area contributed by atoms with Crippen LogP contribution in [0.3, 0.4) is 0 Å². The number of nitrogens with one attached hydrogen (secondary N) is 2. The van der Waals surface area contributed by atoms with Gasteiger partial charge >= 0.3 is 0 Å². The molecule has 9 heteroatoms. The van der Waals surface area contributed by atoms with Gasteiger partial charge in [0, 0.05) is 27.0 Å². The molecular weight excluding hydrogens is 524 g/mol. The normalized spacial score (nSPS) is 11.6. The third-order valence-corrected chi connectivity index (χ3v) is 6.39. The van der Waals surface area contributed by atoms with E-state index in [2.05, 4.69) is 36.8 Å². The first-order valence-corrected chi connectivity index (χ1v) is 12.0. The molecule has 166 valence electrons. The van der Waals surface area contributed by atoms with Crippen molar-refractivity contribution in [3.05, 3.63) is 99.5 Å². The molecule has 1 unspecified atom stereocenters. The Bertz CT molecular complexity index is 1260. The molecule has 0 saturated heterocycles. The van der Waals surface area contributed by atoms with Crippen molar-refractivity contribution in [1.82, 2.24) is 15.5 Å². The molecule has 2 N–H and O–H groups in total. The molecular formula is C24H18BrClN4O2S. The van der Waals surface area contributed by atoms with E-state index >= 15 is 0 Å². The van der Waals surface area contributed by atoms with E-state index in [-0.39, 0.29) is 11.8 Å². The first kappa shape index (κ1) is 23.1. The summed E-state index contributed by atoms with van der Waals surface area (Å²) < 4.78 is 0.865. The highest BCUT2D eigenvalue weighted by Gasteiger charge is 2.23. The fourth-order valence-electron chi connectivity index (χ4n) is 3.11. The van der Waals surface area contributed by atoms with Crippen LogP contribution >= 0.6 is 38.9 Å². The largest absolute Gasteiger partial charge is 0.340 e. The number of hydrogen-bond acceptors (Lipinski definition) is 5. The lowest BCUT2D eigenvalue weighted by atomic mass is 10.0. The van der Waals surface area contributed by atoms with Crippen molar-refractivity contribution in [3.8, 4) is 10.6 Å². The molecule has 0 saturated carbocycles. The molecule has 6 nitrogen and oxygen atoms in total. The number of anilines is 1. The zero-order chi connectivity index (χ0) is 23.2. The van der Waals surface area contributed by atoms with E-state index in [1.54, 1.807) is 36.4 Å². The number of halogens is 2. The third kappa shape index (κ3) is 6.25. The molecule has 0 aliphatic rings. The van der Waals surface area contributed by atoms with Gasteiger partial charge in [-0.05, 0) is 42.0 Å². The molecule has 0 aliphatic carbocycles. The van der Waals surface area contributed by atoms with Crippen LogP contribution in [0.1, 0.15) is 15.9 Å². The lowest BCUT2D eigenvalue weighted by Gasteiger charge is -2.18. The van der Waals surface area contributed by atoms with E-state index < -0.39 is 6.04 Å². The van der Waals surface area contributed by atoms with E-state index in [4.69, 9.17) is 11.6 Å². The monoisotopic (exact) mass is 540 g/mol. The van der Waals surface area contributed by atoms with Crippen molar-refractivity contribution in [3.63, 3.8) is 0 Å². The van der Waals surface area contributed by atoms with E-state index in [0.29, 0.717) is 27.1 Å². The molecule has 0 spiro atoms. The molecule has 1 atom stereocenters. The van der Waals surface area contributed by atoms with Crippen LogP contribution in [0, 0.1) is 0 Å². The molecule has 0 bridgehead atoms. The minimum atomic E-state index is -0.804. The van der Waals surface area contributed by atoms with Gasteiger partial charge in [0.25, 0.3) is 5.91 Å². The Morgan fingerprint density at radius 3 is 2.45 bits per heavy atom. The number of aromatic nitrogens is 2. The van der Waals surface area contributed by atoms with Gasteiger partial charge in [-0.1, -0.05) is 81.3 Å². The molecule has 4 rings (SSSR count). The molecule has 33 heavy (non-hydrogen) atoms. The number of carbonyl (C=O) groups is 2. The van der Waals surface area contributed by atoms with Gasteiger partial charge in [-0.3, -0.25) is 14.9 Å². The van der Waals surface area contributed by atoms with Crippen molar-refractivity contribution < 1.29 is 9.59 Å². The van der Waals surface area contributed by atoms with Crippen LogP contribution in [-0.2, 0) is 11.2 Å². The van der Waals surface area contributed by atoms with Gasteiger partial charge in [-0.15, -0.1) is 10.2 Å². The van der Waals surface area contributed by atoms with Crippen LogP contribution in [0.15, 0.2) is 83.3 Å². The van der Waals surface area contributed by atoms with E-state index in [9.17, 15) is 9.59 Å². The maximum Gasteiger partial charge on any atom is 0.251 e. The molecule has 1 aromatic heterocycles. The lowest BCUT2D eigenvalue weighted by molar-refractivity contribution is -0.118. The van der Waals surface area contributed by atoms with Gasteiger partial charge in [0.2, 0.25) is 11.0 Å². The zero-order valence-electron chi connectivity index (χ0n) is 17.2. The summed E-state index contributed by atoms with van der Waals surface area (Å²) in [5, 5.41) is 15.4. The quantitative estimate of drug-likeness (QED) is 0.319. The Morgan fingerprint density at radius 2 is 1.73 bits per heavy atom. The fourth-order valence-corrected chi connectivity index (χ4v) is 4.30. The second kappa shape index (κ2) is 10.7.